The zero-order chi connectivity index (χ0) is 26.9. The number of ether oxygens (including phenoxy) is 1. The molecule has 2 N–H and O–H groups in total. The van der Waals surface area contributed by atoms with Crippen molar-refractivity contribution in [1.29, 1.82) is 0 Å². The average molecular weight is 534 g/mol. The van der Waals surface area contributed by atoms with Crippen LogP contribution in [-0.4, -0.2) is 65.7 Å². The summed E-state index contributed by atoms with van der Waals surface area (Å²) < 4.78 is 5.41. The van der Waals surface area contributed by atoms with Crippen molar-refractivity contribution >= 4 is 40.9 Å². The topological polar surface area (TPSA) is 116 Å². The van der Waals surface area contributed by atoms with Crippen molar-refractivity contribution in [2.75, 3.05) is 24.5 Å². The molecule has 4 rings (SSSR count). The predicted octanol–water partition coefficient (Wildman–Crippen LogP) is 4.39. The van der Waals surface area contributed by atoms with Crippen LogP contribution in [-0.2, 0) is 19.7 Å². The second-order valence-electron chi connectivity index (χ2n) is 11.7. The first-order valence-corrected chi connectivity index (χ1v) is 14.2. The molecule has 1 aromatic rings. The van der Waals surface area contributed by atoms with Crippen LogP contribution >= 0.6 is 11.3 Å². The summed E-state index contributed by atoms with van der Waals surface area (Å²) in [5.41, 5.74) is 0.233. The van der Waals surface area contributed by atoms with Crippen LogP contribution in [0.15, 0.2) is 6.07 Å². The highest BCUT2D eigenvalue weighted by Crippen LogP contribution is 2.41. The predicted molar refractivity (Wildman–Crippen MR) is 141 cm³/mol. The zero-order valence-corrected chi connectivity index (χ0v) is 23.1. The SMILES string of the molecule is CC1CCC(C(=O)N(c2cc(C(C)(C)C)sc2C(=O)O)C2CCN(C(=O)O[C@H]3CCNC3=O)CC2)CC1. The third kappa shape index (κ3) is 6.10. The van der Waals surface area contributed by atoms with Gasteiger partial charge in [0.1, 0.15) is 4.88 Å². The summed E-state index contributed by atoms with van der Waals surface area (Å²) in [7, 11) is 0. The third-order valence-electron chi connectivity index (χ3n) is 7.84. The number of hydrogen-bond acceptors (Lipinski definition) is 6. The van der Waals surface area contributed by atoms with Gasteiger partial charge in [-0.15, -0.1) is 11.3 Å². The van der Waals surface area contributed by atoms with Crippen LogP contribution in [0.25, 0.3) is 0 Å². The molecule has 1 aliphatic carbocycles. The molecular weight excluding hydrogens is 494 g/mol. The van der Waals surface area contributed by atoms with Crippen LogP contribution in [0.1, 0.15) is 87.2 Å². The molecule has 37 heavy (non-hydrogen) atoms. The van der Waals surface area contributed by atoms with Crippen molar-refractivity contribution in [2.45, 2.75) is 90.2 Å². The lowest BCUT2D eigenvalue weighted by molar-refractivity contribution is -0.127. The number of thiophene rings is 1. The zero-order valence-electron chi connectivity index (χ0n) is 22.2. The van der Waals surface area contributed by atoms with Gasteiger partial charge in [-0.25, -0.2) is 9.59 Å². The Morgan fingerprint density at radius 3 is 2.27 bits per heavy atom. The Morgan fingerprint density at radius 2 is 1.73 bits per heavy atom. The first-order valence-electron chi connectivity index (χ1n) is 13.4. The summed E-state index contributed by atoms with van der Waals surface area (Å²) in [5, 5.41) is 12.7. The van der Waals surface area contributed by atoms with Crippen LogP contribution in [0, 0.1) is 11.8 Å². The van der Waals surface area contributed by atoms with E-state index in [1.54, 1.807) is 9.80 Å². The Balaban J connectivity index is 1.56. The van der Waals surface area contributed by atoms with E-state index in [1.807, 2.05) is 26.8 Å². The monoisotopic (exact) mass is 533 g/mol. The average Bonchev–Trinajstić information content (AvgIpc) is 3.47. The van der Waals surface area contributed by atoms with Crippen LogP contribution in [0.4, 0.5) is 10.5 Å². The van der Waals surface area contributed by atoms with Crippen molar-refractivity contribution in [1.82, 2.24) is 10.2 Å². The van der Waals surface area contributed by atoms with Gasteiger partial charge in [-0.2, -0.15) is 0 Å². The Kier molecular flexibility index (Phi) is 8.16. The number of likely N-dealkylation sites (tertiary alicyclic amines) is 1. The van der Waals surface area contributed by atoms with Gasteiger partial charge >= 0.3 is 12.1 Å². The minimum atomic E-state index is -1.03. The maximum absolute atomic E-state index is 14.0. The smallest absolute Gasteiger partial charge is 0.410 e. The van der Waals surface area contributed by atoms with Crippen molar-refractivity contribution in [3.63, 3.8) is 0 Å². The van der Waals surface area contributed by atoms with Gasteiger partial charge in [0.25, 0.3) is 5.91 Å². The molecule has 0 spiro atoms. The molecule has 0 unspecified atom stereocenters. The number of carboxylic acid groups (broad SMARTS) is 1. The molecule has 3 amide bonds. The number of carboxylic acids is 1. The normalized spacial score (nSPS) is 25.0. The highest BCUT2D eigenvalue weighted by Gasteiger charge is 2.39. The van der Waals surface area contributed by atoms with E-state index < -0.39 is 18.2 Å². The Labute approximate surface area is 222 Å². The first-order chi connectivity index (χ1) is 17.5. The maximum Gasteiger partial charge on any atom is 0.410 e. The van der Waals surface area contributed by atoms with Gasteiger partial charge in [0, 0.05) is 42.9 Å². The number of piperidine rings is 1. The summed E-state index contributed by atoms with van der Waals surface area (Å²) in [6.45, 7) is 9.58. The quantitative estimate of drug-likeness (QED) is 0.580. The molecule has 0 aromatic carbocycles. The van der Waals surface area contributed by atoms with Gasteiger partial charge in [0.15, 0.2) is 6.10 Å². The number of nitrogens with zero attached hydrogens (tertiary/aromatic N) is 2. The fourth-order valence-electron chi connectivity index (χ4n) is 5.47. The minimum absolute atomic E-state index is 0.00341. The van der Waals surface area contributed by atoms with Crippen LogP contribution in [0.2, 0.25) is 0 Å². The van der Waals surface area contributed by atoms with Gasteiger partial charge in [0.05, 0.1) is 5.69 Å². The lowest BCUT2D eigenvalue weighted by Crippen LogP contribution is -2.51. The van der Waals surface area contributed by atoms with E-state index in [4.69, 9.17) is 4.74 Å². The van der Waals surface area contributed by atoms with E-state index in [-0.39, 0.29) is 34.1 Å². The lowest BCUT2D eigenvalue weighted by atomic mass is 9.82. The largest absolute Gasteiger partial charge is 0.477 e. The molecule has 10 heteroatoms. The van der Waals surface area contributed by atoms with E-state index in [0.717, 1.165) is 30.6 Å². The summed E-state index contributed by atoms with van der Waals surface area (Å²) in [6, 6.07) is 1.67. The molecule has 1 aromatic heterocycles. The van der Waals surface area contributed by atoms with E-state index >= 15 is 0 Å². The van der Waals surface area contributed by atoms with E-state index in [0.29, 0.717) is 50.5 Å². The Morgan fingerprint density at radius 1 is 1.08 bits per heavy atom. The molecule has 0 radical (unpaired) electrons. The maximum atomic E-state index is 14.0. The Hall–Kier alpha value is -2.62. The van der Waals surface area contributed by atoms with Crippen molar-refractivity contribution < 1.29 is 29.0 Å². The first kappa shape index (κ1) is 27.4. The molecule has 1 atom stereocenters. The van der Waals surface area contributed by atoms with E-state index in [9.17, 15) is 24.3 Å². The standard InChI is InChI=1S/C27H39N3O6S/c1-16-5-7-17(8-6-16)24(32)30(19-15-21(27(2,3)4)37-22(19)25(33)34)18-10-13-29(14-11-18)26(35)36-20-9-12-28-23(20)31/h15-18,20H,5-14H2,1-4H3,(H,28,31)(H,33,34)/t16?,17?,20-/m0/s1. The summed E-state index contributed by atoms with van der Waals surface area (Å²) in [5.74, 6) is -0.829. The number of rotatable bonds is 5. The van der Waals surface area contributed by atoms with E-state index in [2.05, 4.69) is 12.2 Å². The number of nitrogens with one attached hydrogen (secondary N) is 1. The fraction of sp³-hybridized carbons (Fsp3) is 0.704. The highest BCUT2D eigenvalue weighted by atomic mass is 32.1. The molecule has 3 heterocycles. The number of amides is 3. The second-order valence-corrected chi connectivity index (χ2v) is 12.8. The number of carbonyl (C=O) groups is 4. The molecular formula is C27H39N3O6S. The molecule has 9 nitrogen and oxygen atoms in total. The van der Waals surface area contributed by atoms with Crippen LogP contribution < -0.4 is 10.2 Å². The molecule has 2 aliphatic heterocycles. The van der Waals surface area contributed by atoms with E-state index in [1.165, 1.54) is 11.3 Å². The van der Waals surface area contributed by atoms with Crippen molar-refractivity contribution in [3.05, 3.63) is 15.8 Å². The Bertz CT molecular complexity index is 1030. The summed E-state index contributed by atoms with van der Waals surface area (Å²) >= 11 is 1.24. The molecule has 3 aliphatic rings. The van der Waals surface area contributed by atoms with Gasteiger partial charge in [0.2, 0.25) is 5.91 Å². The molecule has 0 bridgehead atoms. The lowest BCUT2D eigenvalue weighted by Gasteiger charge is -2.40. The third-order valence-corrected chi connectivity index (χ3v) is 9.38. The molecule has 204 valence electrons. The van der Waals surface area contributed by atoms with Crippen molar-refractivity contribution in [2.24, 2.45) is 11.8 Å². The summed E-state index contributed by atoms with van der Waals surface area (Å²) in [4.78, 5) is 55.2. The molecule has 2 saturated heterocycles. The number of aromatic carboxylic acids is 1. The fourth-order valence-corrected chi connectivity index (χ4v) is 6.51. The van der Waals surface area contributed by atoms with Crippen LogP contribution in [0.5, 0.6) is 0 Å². The highest BCUT2D eigenvalue weighted by molar-refractivity contribution is 7.14. The molecule has 3 fully saturated rings. The van der Waals surface area contributed by atoms with Crippen LogP contribution in [0.3, 0.4) is 0 Å². The van der Waals surface area contributed by atoms with Gasteiger partial charge < -0.3 is 25.0 Å². The number of carbonyl (C=O) groups excluding carboxylic acids is 3. The molecule has 1 saturated carbocycles. The number of hydrogen-bond donors (Lipinski definition) is 2. The second kappa shape index (κ2) is 11.0. The van der Waals surface area contributed by atoms with Crippen molar-refractivity contribution in [3.8, 4) is 0 Å². The van der Waals surface area contributed by atoms with Gasteiger partial charge in [-0.3, -0.25) is 9.59 Å². The van der Waals surface area contributed by atoms with Gasteiger partial charge in [-0.05, 0) is 55.9 Å². The minimum Gasteiger partial charge on any atom is -0.477 e. The van der Waals surface area contributed by atoms with Gasteiger partial charge in [-0.1, -0.05) is 27.7 Å². The summed E-state index contributed by atoms with van der Waals surface area (Å²) in [6.07, 6.45) is 3.83. The number of anilines is 1.